The molecule has 4 nitrogen and oxygen atoms in total. The maximum atomic E-state index is 12.0. The monoisotopic (exact) mass is 240 g/mol. The number of amides is 1. The largest absolute Gasteiger partial charge is 0.444 e. The molecule has 0 aliphatic carbocycles. The molecule has 0 N–H and O–H groups in total. The first-order valence-corrected chi connectivity index (χ1v) is 6.53. The van der Waals surface area contributed by atoms with Gasteiger partial charge in [-0.2, -0.15) is 0 Å². The Hall–Kier alpha value is -0.770. The maximum absolute atomic E-state index is 12.0. The first-order valence-electron chi connectivity index (χ1n) is 6.53. The molecule has 1 amide bonds. The highest BCUT2D eigenvalue weighted by Crippen LogP contribution is 2.32. The molecule has 17 heavy (non-hydrogen) atoms. The average Bonchev–Trinajstić information content (AvgIpc) is 2.72. The molecule has 2 heterocycles. The van der Waals surface area contributed by atoms with Crippen molar-refractivity contribution in [1.29, 1.82) is 0 Å². The molecular formula is C13H24N2O2. The molecule has 2 bridgehead atoms. The number of nitrogens with zero attached hydrogens (tertiary/aromatic N) is 2. The van der Waals surface area contributed by atoms with Gasteiger partial charge in [-0.15, -0.1) is 0 Å². The summed E-state index contributed by atoms with van der Waals surface area (Å²) in [5.41, 5.74) is -0.392. The van der Waals surface area contributed by atoms with Crippen molar-refractivity contribution in [2.75, 3.05) is 13.1 Å². The Morgan fingerprint density at radius 1 is 1.24 bits per heavy atom. The van der Waals surface area contributed by atoms with Crippen LogP contribution in [0.25, 0.3) is 0 Å². The van der Waals surface area contributed by atoms with Gasteiger partial charge in [-0.1, -0.05) is 0 Å². The topological polar surface area (TPSA) is 32.8 Å². The highest BCUT2D eigenvalue weighted by atomic mass is 16.6. The highest BCUT2D eigenvalue weighted by molar-refractivity contribution is 5.69. The molecular weight excluding hydrogens is 216 g/mol. The van der Waals surface area contributed by atoms with E-state index >= 15 is 0 Å². The fourth-order valence-electron chi connectivity index (χ4n) is 2.87. The Balaban J connectivity index is 1.94. The van der Waals surface area contributed by atoms with E-state index < -0.39 is 5.60 Å². The minimum absolute atomic E-state index is 0.145. The van der Waals surface area contributed by atoms with Crippen LogP contribution in [-0.2, 0) is 4.74 Å². The second-order valence-electron chi connectivity index (χ2n) is 6.47. The lowest BCUT2D eigenvalue weighted by Gasteiger charge is -2.37. The summed E-state index contributed by atoms with van der Waals surface area (Å²) in [6.45, 7) is 12.0. The van der Waals surface area contributed by atoms with E-state index in [1.54, 1.807) is 0 Å². The number of piperazine rings is 1. The molecule has 0 aromatic carbocycles. The van der Waals surface area contributed by atoms with Gasteiger partial charge in [0.2, 0.25) is 0 Å². The van der Waals surface area contributed by atoms with Crippen molar-refractivity contribution in [2.45, 2.75) is 64.8 Å². The van der Waals surface area contributed by atoms with E-state index in [1.165, 1.54) is 0 Å². The summed E-state index contributed by atoms with van der Waals surface area (Å²) in [6, 6.07) is 1.47. The van der Waals surface area contributed by atoms with E-state index in [1.807, 2.05) is 25.7 Å². The number of fused-ring (bicyclic) bond motifs is 2. The van der Waals surface area contributed by atoms with Gasteiger partial charge in [0, 0.05) is 31.2 Å². The van der Waals surface area contributed by atoms with E-state index in [-0.39, 0.29) is 6.09 Å². The lowest BCUT2D eigenvalue weighted by Crippen LogP contribution is -2.51. The van der Waals surface area contributed by atoms with Crippen LogP contribution in [0.4, 0.5) is 4.79 Å². The van der Waals surface area contributed by atoms with Crippen LogP contribution in [0, 0.1) is 0 Å². The lowest BCUT2D eigenvalue weighted by atomic mass is 10.2. The molecule has 2 aliphatic rings. The van der Waals surface area contributed by atoms with Gasteiger partial charge in [-0.25, -0.2) is 4.79 Å². The van der Waals surface area contributed by atoms with Gasteiger partial charge in [0.05, 0.1) is 0 Å². The number of hydrogen-bond donors (Lipinski definition) is 0. The molecule has 2 aliphatic heterocycles. The van der Waals surface area contributed by atoms with Gasteiger partial charge in [0.25, 0.3) is 0 Å². The Morgan fingerprint density at radius 3 is 2.29 bits per heavy atom. The summed E-state index contributed by atoms with van der Waals surface area (Å²) >= 11 is 0. The summed E-state index contributed by atoms with van der Waals surface area (Å²) in [7, 11) is 0. The molecule has 0 radical (unpaired) electrons. The normalized spacial score (nSPS) is 29.2. The molecule has 2 atom stereocenters. The second-order valence-corrected chi connectivity index (χ2v) is 6.47. The van der Waals surface area contributed by atoms with Crippen LogP contribution < -0.4 is 0 Å². The zero-order valence-corrected chi connectivity index (χ0v) is 11.6. The molecule has 0 spiro atoms. The quantitative estimate of drug-likeness (QED) is 0.703. The van der Waals surface area contributed by atoms with Crippen molar-refractivity contribution in [2.24, 2.45) is 0 Å². The minimum Gasteiger partial charge on any atom is -0.444 e. The van der Waals surface area contributed by atoms with Crippen LogP contribution >= 0.6 is 0 Å². The summed E-state index contributed by atoms with van der Waals surface area (Å²) in [6.07, 6.45) is 0.964. The third-order valence-electron chi connectivity index (χ3n) is 3.57. The van der Waals surface area contributed by atoms with Crippen molar-refractivity contribution in [3.8, 4) is 0 Å². The third kappa shape index (κ3) is 2.57. The maximum Gasteiger partial charge on any atom is 0.410 e. The fourth-order valence-corrected chi connectivity index (χ4v) is 2.87. The predicted octanol–water partition coefficient (Wildman–Crippen LogP) is 2.09. The number of rotatable bonds is 1. The highest BCUT2D eigenvalue weighted by Gasteiger charge is 2.46. The van der Waals surface area contributed by atoms with Gasteiger partial charge in [0.1, 0.15) is 5.60 Å². The standard InChI is InChI=1S/C13H24N2O2/c1-9(2)14-7-11-6-10(14)8-15(11)12(16)17-13(3,4)5/h9-11H,6-8H2,1-5H3/t10-,11-/m1/s1. The first kappa shape index (κ1) is 12.7. The molecule has 2 fully saturated rings. The van der Waals surface area contributed by atoms with Gasteiger partial charge < -0.3 is 9.64 Å². The summed E-state index contributed by atoms with van der Waals surface area (Å²) in [4.78, 5) is 16.4. The molecule has 0 saturated carbocycles. The van der Waals surface area contributed by atoms with Crippen molar-refractivity contribution in [3.63, 3.8) is 0 Å². The Morgan fingerprint density at radius 2 is 1.88 bits per heavy atom. The van der Waals surface area contributed by atoms with E-state index in [0.717, 1.165) is 19.5 Å². The molecule has 98 valence electrons. The van der Waals surface area contributed by atoms with E-state index in [2.05, 4.69) is 18.7 Å². The van der Waals surface area contributed by atoms with Crippen molar-refractivity contribution >= 4 is 6.09 Å². The summed E-state index contributed by atoms with van der Waals surface area (Å²) < 4.78 is 5.44. The molecule has 0 aromatic heterocycles. The van der Waals surface area contributed by atoms with Gasteiger partial charge in [-0.3, -0.25) is 4.90 Å². The SMILES string of the molecule is CC(C)N1C[C@H]2C[C@@H]1CN2C(=O)OC(C)(C)C. The molecule has 0 unspecified atom stereocenters. The minimum atomic E-state index is -0.392. The zero-order chi connectivity index (χ0) is 12.8. The van der Waals surface area contributed by atoms with Crippen molar-refractivity contribution in [3.05, 3.63) is 0 Å². The predicted molar refractivity (Wildman–Crippen MR) is 67.0 cm³/mol. The molecule has 4 heteroatoms. The van der Waals surface area contributed by atoms with Crippen LogP contribution in [0.1, 0.15) is 41.0 Å². The smallest absolute Gasteiger partial charge is 0.410 e. The van der Waals surface area contributed by atoms with E-state index in [0.29, 0.717) is 18.1 Å². The Labute approximate surface area is 104 Å². The van der Waals surface area contributed by atoms with Crippen LogP contribution in [0.5, 0.6) is 0 Å². The Bertz CT molecular complexity index is 309. The summed E-state index contributed by atoms with van der Waals surface area (Å²) in [5.74, 6) is 0. The van der Waals surface area contributed by atoms with E-state index in [9.17, 15) is 4.79 Å². The first-order chi connectivity index (χ1) is 7.78. The molecule has 2 rings (SSSR count). The fraction of sp³-hybridized carbons (Fsp3) is 0.923. The van der Waals surface area contributed by atoms with Crippen molar-refractivity contribution < 1.29 is 9.53 Å². The van der Waals surface area contributed by atoms with Crippen LogP contribution in [0.3, 0.4) is 0 Å². The number of hydrogen-bond acceptors (Lipinski definition) is 3. The number of carbonyl (C=O) groups excluding carboxylic acids is 1. The third-order valence-corrected chi connectivity index (χ3v) is 3.57. The van der Waals surface area contributed by atoms with Crippen LogP contribution in [0.15, 0.2) is 0 Å². The van der Waals surface area contributed by atoms with Gasteiger partial charge >= 0.3 is 6.09 Å². The van der Waals surface area contributed by atoms with Crippen LogP contribution in [0.2, 0.25) is 0 Å². The van der Waals surface area contributed by atoms with Gasteiger partial charge in [-0.05, 0) is 41.0 Å². The zero-order valence-electron chi connectivity index (χ0n) is 11.6. The lowest BCUT2D eigenvalue weighted by molar-refractivity contribution is 0.0104. The van der Waals surface area contributed by atoms with Crippen molar-refractivity contribution in [1.82, 2.24) is 9.80 Å². The average molecular weight is 240 g/mol. The Kier molecular flexibility index (Phi) is 3.10. The summed E-state index contributed by atoms with van der Waals surface area (Å²) in [5, 5.41) is 0. The number of carbonyl (C=O) groups is 1. The van der Waals surface area contributed by atoms with E-state index in [4.69, 9.17) is 4.74 Å². The molecule has 2 saturated heterocycles. The number of ether oxygens (including phenoxy) is 1. The van der Waals surface area contributed by atoms with Crippen LogP contribution in [-0.4, -0.2) is 52.7 Å². The number of likely N-dealkylation sites (tertiary alicyclic amines) is 2. The van der Waals surface area contributed by atoms with Gasteiger partial charge in [0.15, 0.2) is 0 Å². The molecule has 0 aromatic rings. The second kappa shape index (κ2) is 4.16.